The molecule has 0 spiro atoms. The quantitative estimate of drug-likeness (QED) is 0.894. The van der Waals surface area contributed by atoms with Crippen molar-refractivity contribution in [2.75, 3.05) is 7.11 Å². The highest BCUT2D eigenvalue weighted by atomic mass is 19.1. The minimum atomic E-state index is -1.07. The fourth-order valence-corrected chi connectivity index (χ4v) is 4.96. The maximum absolute atomic E-state index is 14.3. The molecule has 2 aliphatic heterocycles. The summed E-state index contributed by atoms with van der Waals surface area (Å²) >= 11 is 0. The van der Waals surface area contributed by atoms with Crippen LogP contribution in [0.2, 0.25) is 0 Å². The first-order valence-electron chi connectivity index (χ1n) is 9.37. The molecule has 2 fully saturated rings. The molecule has 0 aromatic heterocycles. The second kappa shape index (κ2) is 6.67. The van der Waals surface area contributed by atoms with Crippen molar-refractivity contribution >= 4 is 0 Å². The normalized spacial score (nSPS) is 28.3. The fourth-order valence-electron chi connectivity index (χ4n) is 4.96. The number of methoxy groups -OCH3 is 1. The average molecular weight is 355 g/mol. The Bertz CT molecular complexity index is 792. The topological polar surface area (TPSA) is 32.7 Å². The van der Waals surface area contributed by atoms with Gasteiger partial charge in [0.25, 0.3) is 0 Å². The lowest BCUT2D eigenvalue weighted by Crippen LogP contribution is -2.49. The molecule has 0 unspecified atom stereocenters. The number of piperidine rings is 1. The van der Waals surface area contributed by atoms with Gasteiger partial charge >= 0.3 is 0 Å². The van der Waals surface area contributed by atoms with E-state index in [0.717, 1.165) is 30.7 Å². The molecule has 1 N–H and O–H groups in total. The van der Waals surface area contributed by atoms with Crippen LogP contribution in [-0.2, 0) is 12.1 Å². The molecule has 138 valence electrons. The highest BCUT2D eigenvalue weighted by Gasteiger charge is 2.49. The van der Waals surface area contributed by atoms with E-state index < -0.39 is 5.60 Å². The first-order chi connectivity index (χ1) is 12.5. The third-order valence-corrected chi connectivity index (χ3v) is 6.14. The Labute approximate surface area is 154 Å². The van der Waals surface area contributed by atoms with Crippen molar-refractivity contribution in [3.63, 3.8) is 0 Å². The van der Waals surface area contributed by atoms with E-state index in [2.05, 4.69) is 30.0 Å². The number of ether oxygens (including phenoxy) is 1. The fraction of sp³-hybridized carbons (Fsp3) is 0.455. The van der Waals surface area contributed by atoms with E-state index in [9.17, 15) is 9.50 Å². The van der Waals surface area contributed by atoms with Crippen LogP contribution in [0.15, 0.2) is 42.5 Å². The van der Waals surface area contributed by atoms with Gasteiger partial charge in [0.2, 0.25) is 0 Å². The summed E-state index contributed by atoms with van der Waals surface area (Å²) in [5.41, 5.74) is 1.70. The van der Waals surface area contributed by atoms with Gasteiger partial charge in [0.05, 0.1) is 12.7 Å². The zero-order chi connectivity index (χ0) is 18.3. The number of hydrogen-bond donors (Lipinski definition) is 1. The van der Waals surface area contributed by atoms with Gasteiger partial charge in [-0.25, -0.2) is 4.39 Å². The van der Waals surface area contributed by atoms with Crippen molar-refractivity contribution in [3.8, 4) is 5.75 Å². The van der Waals surface area contributed by atoms with Crippen LogP contribution < -0.4 is 4.74 Å². The monoisotopic (exact) mass is 355 g/mol. The first kappa shape index (κ1) is 17.5. The largest absolute Gasteiger partial charge is 0.496 e. The number of benzene rings is 2. The Morgan fingerprint density at radius 3 is 2.46 bits per heavy atom. The Balaban J connectivity index is 1.58. The molecule has 2 aromatic rings. The molecule has 4 heteroatoms. The summed E-state index contributed by atoms with van der Waals surface area (Å²) in [7, 11) is 1.72. The number of aliphatic hydroxyl groups is 1. The number of hydrogen-bond acceptors (Lipinski definition) is 3. The Morgan fingerprint density at radius 1 is 1.12 bits per heavy atom. The van der Waals surface area contributed by atoms with Crippen molar-refractivity contribution in [1.82, 2.24) is 4.90 Å². The van der Waals surface area contributed by atoms with E-state index >= 15 is 0 Å². The lowest BCUT2D eigenvalue weighted by atomic mass is 9.80. The predicted molar refractivity (Wildman–Crippen MR) is 99.6 cm³/mol. The number of fused-ring (bicyclic) bond motifs is 2. The number of rotatable bonds is 4. The average Bonchev–Trinajstić information content (AvgIpc) is 2.86. The highest BCUT2D eigenvalue weighted by Crippen LogP contribution is 2.47. The molecule has 3 nitrogen and oxygen atoms in total. The molecule has 4 rings (SSSR count). The maximum atomic E-state index is 14.3. The van der Waals surface area contributed by atoms with E-state index in [-0.39, 0.29) is 17.9 Å². The van der Waals surface area contributed by atoms with Gasteiger partial charge in [-0.2, -0.15) is 0 Å². The minimum absolute atomic E-state index is 0.267. The van der Waals surface area contributed by atoms with Crippen molar-refractivity contribution in [2.24, 2.45) is 0 Å². The number of para-hydroxylation sites is 1. The lowest BCUT2D eigenvalue weighted by molar-refractivity contribution is -0.0616. The summed E-state index contributed by atoms with van der Waals surface area (Å²) in [6.07, 6.45) is 3.27. The molecular weight excluding hydrogens is 329 g/mol. The van der Waals surface area contributed by atoms with E-state index in [0.29, 0.717) is 18.4 Å². The number of halogens is 1. The molecule has 2 saturated heterocycles. The molecule has 2 bridgehead atoms. The van der Waals surface area contributed by atoms with Crippen molar-refractivity contribution < 1.29 is 14.2 Å². The molecule has 0 radical (unpaired) electrons. The second-order valence-corrected chi connectivity index (χ2v) is 7.74. The zero-order valence-corrected chi connectivity index (χ0v) is 15.4. The van der Waals surface area contributed by atoms with Gasteiger partial charge in [-0.05, 0) is 44.2 Å². The van der Waals surface area contributed by atoms with Gasteiger partial charge in [-0.3, -0.25) is 4.90 Å². The van der Waals surface area contributed by atoms with Crippen LogP contribution in [0.5, 0.6) is 5.75 Å². The van der Waals surface area contributed by atoms with Crippen LogP contribution in [0.4, 0.5) is 4.39 Å². The van der Waals surface area contributed by atoms with Crippen LogP contribution in [0.1, 0.15) is 42.4 Å². The van der Waals surface area contributed by atoms with Crippen molar-refractivity contribution in [3.05, 3.63) is 65.0 Å². The van der Waals surface area contributed by atoms with Crippen LogP contribution in [0, 0.1) is 12.7 Å². The van der Waals surface area contributed by atoms with Crippen LogP contribution >= 0.6 is 0 Å². The lowest BCUT2D eigenvalue weighted by Gasteiger charge is -2.44. The summed E-state index contributed by atoms with van der Waals surface area (Å²) in [6.45, 7) is 2.87. The Hall–Kier alpha value is -1.91. The minimum Gasteiger partial charge on any atom is -0.496 e. The Kier molecular flexibility index (Phi) is 4.49. The van der Waals surface area contributed by atoms with E-state index in [4.69, 9.17) is 4.74 Å². The van der Waals surface area contributed by atoms with Crippen LogP contribution in [0.25, 0.3) is 0 Å². The molecule has 2 atom stereocenters. The first-order valence-corrected chi connectivity index (χ1v) is 9.37. The van der Waals surface area contributed by atoms with Crippen LogP contribution in [0.3, 0.4) is 0 Å². The van der Waals surface area contributed by atoms with Gasteiger partial charge in [-0.15, -0.1) is 0 Å². The molecule has 0 saturated carbocycles. The third-order valence-electron chi connectivity index (χ3n) is 6.14. The van der Waals surface area contributed by atoms with Crippen molar-refractivity contribution in [2.45, 2.75) is 56.8 Å². The molecular formula is C22H26FNO2. The molecule has 2 heterocycles. The third kappa shape index (κ3) is 2.91. The zero-order valence-electron chi connectivity index (χ0n) is 15.4. The SMILES string of the molecule is COc1c(C)cccc1CN1[C@@H]2CC[C@@H]1CC(O)(c1ccccc1F)C2. The standard InChI is InChI=1S/C22H26FNO2/c1-15-6-5-7-16(21(15)26-2)14-24-17-10-11-18(24)13-22(25,12-17)19-8-3-4-9-20(19)23/h3-9,17-18,25H,10-14H2,1-2H3/t17-,18-/m1/s1. The van der Waals surface area contributed by atoms with Gasteiger partial charge in [0.15, 0.2) is 0 Å². The summed E-state index contributed by atoms with van der Waals surface area (Å²) in [6, 6.07) is 13.4. The van der Waals surface area contributed by atoms with E-state index in [1.165, 1.54) is 11.6 Å². The van der Waals surface area contributed by atoms with Crippen molar-refractivity contribution in [1.29, 1.82) is 0 Å². The molecule has 26 heavy (non-hydrogen) atoms. The summed E-state index contributed by atoms with van der Waals surface area (Å²) in [4.78, 5) is 2.48. The summed E-state index contributed by atoms with van der Waals surface area (Å²) in [5.74, 6) is 0.644. The van der Waals surface area contributed by atoms with Gasteiger partial charge in [-0.1, -0.05) is 36.4 Å². The summed E-state index contributed by atoms with van der Waals surface area (Å²) in [5, 5.41) is 11.2. The second-order valence-electron chi connectivity index (χ2n) is 7.74. The smallest absolute Gasteiger partial charge is 0.129 e. The highest BCUT2D eigenvalue weighted by molar-refractivity contribution is 5.41. The molecule has 2 aromatic carbocycles. The Morgan fingerprint density at radius 2 is 1.81 bits per heavy atom. The van der Waals surface area contributed by atoms with Crippen LogP contribution in [-0.4, -0.2) is 29.2 Å². The van der Waals surface area contributed by atoms with Gasteiger partial charge in [0.1, 0.15) is 11.6 Å². The molecule has 0 amide bonds. The predicted octanol–water partition coefficient (Wildman–Crippen LogP) is 4.16. The number of nitrogens with zero attached hydrogens (tertiary/aromatic N) is 1. The molecule has 2 aliphatic rings. The van der Waals surface area contributed by atoms with Gasteiger partial charge in [0, 0.05) is 29.8 Å². The number of aryl methyl sites for hydroxylation is 1. The van der Waals surface area contributed by atoms with Gasteiger partial charge < -0.3 is 9.84 Å². The molecule has 0 aliphatic carbocycles. The maximum Gasteiger partial charge on any atom is 0.129 e. The van der Waals surface area contributed by atoms with E-state index in [1.54, 1.807) is 19.2 Å². The summed E-state index contributed by atoms with van der Waals surface area (Å²) < 4.78 is 19.9. The van der Waals surface area contributed by atoms with E-state index in [1.807, 2.05) is 6.07 Å².